The lowest BCUT2D eigenvalue weighted by atomic mass is 10.1. The number of halogens is 1. The molecule has 1 aromatic carbocycles. The van der Waals surface area contributed by atoms with Gasteiger partial charge in [-0.2, -0.15) is 0 Å². The van der Waals surface area contributed by atoms with E-state index < -0.39 is 10.8 Å². The lowest BCUT2D eigenvalue weighted by molar-refractivity contribution is 0.552. The summed E-state index contributed by atoms with van der Waals surface area (Å²) in [4.78, 5) is 2.36. The van der Waals surface area contributed by atoms with Gasteiger partial charge in [-0.25, -0.2) is 0 Å². The van der Waals surface area contributed by atoms with Gasteiger partial charge in [-0.05, 0) is 30.2 Å². The molecule has 0 aliphatic carbocycles. The minimum Gasteiger partial charge on any atom is -0.369 e. The molecule has 0 unspecified atom stereocenters. The molecule has 1 aliphatic rings. The lowest BCUT2D eigenvalue weighted by Gasteiger charge is -2.30. The smallest absolute Gasteiger partial charge is 0.0423 e. The van der Waals surface area contributed by atoms with Crippen LogP contribution in [0.1, 0.15) is 19.4 Å². The van der Waals surface area contributed by atoms with Crippen LogP contribution in [0.2, 0.25) is 0 Å². The Morgan fingerprint density at radius 2 is 2.05 bits per heavy atom. The fourth-order valence-electron chi connectivity index (χ4n) is 2.36. The fourth-order valence-corrected chi connectivity index (χ4v) is 3.76. The van der Waals surface area contributed by atoms with Crippen LogP contribution in [0.4, 0.5) is 5.69 Å². The van der Waals surface area contributed by atoms with Crippen molar-refractivity contribution in [2.45, 2.75) is 20.4 Å². The molecule has 1 fully saturated rings. The summed E-state index contributed by atoms with van der Waals surface area (Å²) < 4.78 is 12.6. The van der Waals surface area contributed by atoms with Crippen LogP contribution in [0, 0.1) is 5.92 Å². The third kappa shape index (κ3) is 4.57. The zero-order chi connectivity index (χ0) is 14.5. The Kier molecular flexibility index (Phi) is 6.05. The van der Waals surface area contributed by atoms with Gasteiger partial charge in [0, 0.05) is 52.1 Å². The van der Waals surface area contributed by atoms with Crippen LogP contribution in [0.3, 0.4) is 0 Å². The van der Waals surface area contributed by atoms with Gasteiger partial charge in [0.2, 0.25) is 0 Å². The predicted octanol–water partition coefficient (Wildman–Crippen LogP) is 2.76. The molecule has 0 aromatic heterocycles. The number of anilines is 1. The first-order valence-electron chi connectivity index (χ1n) is 7.15. The molecule has 0 saturated carbocycles. The molecule has 0 atom stereocenters. The van der Waals surface area contributed by atoms with E-state index in [0.29, 0.717) is 5.92 Å². The van der Waals surface area contributed by atoms with Crippen molar-refractivity contribution in [3.63, 3.8) is 0 Å². The second kappa shape index (κ2) is 7.57. The summed E-state index contributed by atoms with van der Waals surface area (Å²) in [6, 6.07) is 6.46. The molecule has 112 valence electrons. The van der Waals surface area contributed by atoms with E-state index in [4.69, 9.17) is 0 Å². The van der Waals surface area contributed by atoms with Crippen LogP contribution in [0.5, 0.6) is 0 Å². The van der Waals surface area contributed by atoms with Gasteiger partial charge in [0.1, 0.15) is 0 Å². The molecule has 0 radical (unpaired) electrons. The minimum absolute atomic E-state index is 0.627. The van der Waals surface area contributed by atoms with Gasteiger partial charge < -0.3 is 10.2 Å². The molecule has 5 heteroatoms. The quantitative estimate of drug-likeness (QED) is 0.878. The van der Waals surface area contributed by atoms with Crippen molar-refractivity contribution in [3.05, 3.63) is 28.2 Å². The van der Waals surface area contributed by atoms with Crippen molar-refractivity contribution in [1.82, 2.24) is 5.32 Å². The van der Waals surface area contributed by atoms with Crippen molar-refractivity contribution >= 4 is 32.4 Å². The van der Waals surface area contributed by atoms with Crippen molar-refractivity contribution in [1.29, 1.82) is 0 Å². The number of hydrogen-bond acceptors (Lipinski definition) is 3. The van der Waals surface area contributed by atoms with Crippen LogP contribution in [-0.2, 0) is 17.3 Å². The SMILES string of the molecule is CC(C)CNCc1ccc(Br)cc1N1CCS(=O)CC1. The second-order valence-corrected chi connectivity index (χ2v) is 8.24. The number of benzene rings is 1. The Bertz CT molecular complexity index is 469. The Morgan fingerprint density at radius 1 is 1.35 bits per heavy atom. The van der Waals surface area contributed by atoms with Crippen molar-refractivity contribution in [2.75, 3.05) is 36.0 Å². The van der Waals surface area contributed by atoms with E-state index in [2.05, 4.69) is 58.2 Å². The molecule has 2 rings (SSSR count). The van der Waals surface area contributed by atoms with E-state index in [1.807, 2.05) is 0 Å². The first kappa shape index (κ1) is 16.0. The normalized spacial score (nSPS) is 16.9. The van der Waals surface area contributed by atoms with Crippen molar-refractivity contribution < 1.29 is 4.21 Å². The summed E-state index contributed by atoms with van der Waals surface area (Å²) in [7, 11) is -0.627. The topological polar surface area (TPSA) is 32.3 Å². The molecule has 0 amide bonds. The zero-order valence-electron chi connectivity index (χ0n) is 12.2. The Balaban J connectivity index is 2.09. The van der Waals surface area contributed by atoms with E-state index in [1.165, 1.54) is 11.3 Å². The summed E-state index contributed by atoms with van der Waals surface area (Å²) in [6.45, 7) is 8.13. The number of rotatable bonds is 5. The highest BCUT2D eigenvalue weighted by molar-refractivity contribution is 9.10. The van der Waals surface area contributed by atoms with Crippen LogP contribution in [0.15, 0.2) is 22.7 Å². The maximum absolute atomic E-state index is 11.5. The molecule has 1 aliphatic heterocycles. The molecule has 20 heavy (non-hydrogen) atoms. The number of hydrogen-bond donors (Lipinski definition) is 1. The monoisotopic (exact) mass is 358 g/mol. The fraction of sp³-hybridized carbons (Fsp3) is 0.600. The zero-order valence-corrected chi connectivity index (χ0v) is 14.6. The summed E-state index contributed by atoms with van der Waals surface area (Å²) in [6.07, 6.45) is 0. The molecular weight excluding hydrogens is 336 g/mol. The van der Waals surface area contributed by atoms with Gasteiger partial charge in [-0.3, -0.25) is 4.21 Å². The predicted molar refractivity (Wildman–Crippen MR) is 90.8 cm³/mol. The van der Waals surface area contributed by atoms with E-state index in [0.717, 1.165) is 42.2 Å². The van der Waals surface area contributed by atoms with Gasteiger partial charge in [0.25, 0.3) is 0 Å². The second-order valence-electron chi connectivity index (χ2n) is 5.63. The lowest BCUT2D eigenvalue weighted by Crippen LogP contribution is -2.38. The third-order valence-electron chi connectivity index (χ3n) is 3.43. The maximum atomic E-state index is 11.5. The molecule has 0 spiro atoms. The van der Waals surface area contributed by atoms with Gasteiger partial charge in [-0.15, -0.1) is 0 Å². The molecule has 1 heterocycles. The van der Waals surface area contributed by atoms with Crippen LogP contribution in [-0.4, -0.2) is 35.3 Å². The maximum Gasteiger partial charge on any atom is 0.0423 e. The van der Waals surface area contributed by atoms with Crippen LogP contribution in [0.25, 0.3) is 0 Å². The van der Waals surface area contributed by atoms with Crippen LogP contribution >= 0.6 is 15.9 Å². The number of nitrogens with zero attached hydrogens (tertiary/aromatic N) is 1. The molecule has 1 N–H and O–H groups in total. The summed E-state index contributed by atoms with van der Waals surface area (Å²) in [5.74, 6) is 2.22. The average Bonchev–Trinajstić information content (AvgIpc) is 2.41. The first-order chi connectivity index (χ1) is 9.56. The largest absolute Gasteiger partial charge is 0.369 e. The summed E-state index contributed by atoms with van der Waals surface area (Å²) in [5, 5.41) is 3.51. The average molecular weight is 359 g/mol. The first-order valence-corrected chi connectivity index (χ1v) is 9.43. The minimum atomic E-state index is -0.627. The van der Waals surface area contributed by atoms with E-state index in [9.17, 15) is 4.21 Å². The van der Waals surface area contributed by atoms with Gasteiger partial charge in [0.05, 0.1) is 0 Å². The standard InChI is InChI=1S/C15H23BrN2OS/c1-12(2)10-17-11-13-3-4-14(16)9-15(13)18-5-7-20(19)8-6-18/h3-4,9,12,17H,5-8,10-11H2,1-2H3. The van der Waals surface area contributed by atoms with Gasteiger partial charge in [0.15, 0.2) is 0 Å². The Labute approximate surface area is 132 Å². The van der Waals surface area contributed by atoms with Crippen LogP contribution < -0.4 is 10.2 Å². The molecule has 1 aromatic rings. The summed E-state index contributed by atoms with van der Waals surface area (Å²) >= 11 is 3.56. The van der Waals surface area contributed by atoms with Gasteiger partial charge in [-0.1, -0.05) is 35.8 Å². The summed E-state index contributed by atoms with van der Waals surface area (Å²) in [5.41, 5.74) is 2.59. The molecule has 3 nitrogen and oxygen atoms in total. The Hall–Kier alpha value is -0.390. The highest BCUT2D eigenvalue weighted by atomic mass is 79.9. The van der Waals surface area contributed by atoms with Crippen molar-refractivity contribution in [3.8, 4) is 0 Å². The van der Waals surface area contributed by atoms with Crippen molar-refractivity contribution in [2.24, 2.45) is 5.92 Å². The molecule has 1 saturated heterocycles. The molecule has 0 bridgehead atoms. The van der Waals surface area contributed by atoms with E-state index in [-0.39, 0.29) is 0 Å². The number of nitrogens with one attached hydrogen (secondary N) is 1. The van der Waals surface area contributed by atoms with E-state index in [1.54, 1.807) is 0 Å². The molecular formula is C15H23BrN2OS. The van der Waals surface area contributed by atoms with E-state index >= 15 is 0 Å². The van der Waals surface area contributed by atoms with Gasteiger partial charge >= 0.3 is 0 Å². The Morgan fingerprint density at radius 3 is 2.70 bits per heavy atom. The third-order valence-corrected chi connectivity index (χ3v) is 5.20. The highest BCUT2D eigenvalue weighted by Crippen LogP contribution is 2.26. The highest BCUT2D eigenvalue weighted by Gasteiger charge is 2.18.